The Morgan fingerprint density at radius 2 is 2.21 bits per heavy atom. The van der Waals surface area contributed by atoms with Crippen LogP contribution in [0.2, 0.25) is 0 Å². The maximum atomic E-state index is 5.98. The lowest BCUT2D eigenvalue weighted by Gasteiger charge is -2.41. The van der Waals surface area contributed by atoms with Crippen LogP contribution in [0.5, 0.6) is 0 Å². The van der Waals surface area contributed by atoms with Crippen LogP contribution < -0.4 is 5.73 Å². The van der Waals surface area contributed by atoms with Crippen LogP contribution >= 0.6 is 11.8 Å². The standard InChI is InChI=1S/C11H24N2S/c1-9(2)7-13(4)11(8-12)5-6-14-10(11)3/h9-10H,5-8,12H2,1-4H3. The van der Waals surface area contributed by atoms with Crippen molar-refractivity contribution in [1.82, 2.24) is 4.90 Å². The van der Waals surface area contributed by atoms with Crippen LogP contribution in [0.25, 0.3) is 0 Å². The molecule has 0 aromatic heterocycles. The minimum Gasteiger partial charge on any atom is -0.329 e. The van der Waals surface area contributed by atoms with Crippen molar-refractivity contribution >= 4 is 11.8 Å². The minimum atomic E-state index is 0.259. The summed E-state index contributed by atoms with van der Waals surface area (Å²) in [5.74, 6) is 1.99. The average Bonchev–Trinajstić information content (AvgIpc) is 2.46. The van der Waals surface area contributed by atoms with Crippen molar-refractivity contribution in [2.45, 2.75) is 38.0 Å². The van der Waals surface area contributed by atoms with Gasteiger partial charge in [0.05, 0.1) is 0 Å². The van der Waals surface area contributed by atoms with Crippen LogP contribution in [0.4, 0.5) is 0 Å². The van der Waals surface area contributed by atoms with E-state index in [-0.39, 0.29) is 5.54 Å². The number of rotatable bonds is 4. The predicted molar refractivity (Wildman–Crippen MR) is 65.8 cm³/mol. The van der Waals surface area contributed by atoms with E-state index in [1.54, 1.807) is 0 Å². The van der Waals surface area contributed by atoms with Crippen molar-refractivity contribution < 1.29 is 0 Å². The fourth-order valence-electron chi connectivity index (χ4n) is 2.43. The molecule has 2 unspecified atom stereocenters. The summed E-state index contributed by atoms with van der Waals surface area (Å²) >= 11 is 2.06. The third kappa shape index (κ3) is 2.26. The first-order valence-electron chi connectivity index (χ1n) is 5.56. The summed E-state index contributed by atoms with van der Waals surface area (Å²) in [6, 6.07) is 0. The fourth-order valence-corrected chi connectivity index (χ4v) is 3.95. The van der Waals surface area contributed by atoms with Crippen LogP contribution in [0.3, 0.4) is 0 Å². The van der Waals surface area contributed by atoms with E-state index in [0.29, 0.717) is 5.25 Å². The SMILES string of the molecule is CC(C)CN(C)C1(CN)CCSC1C. The summed E-state index contributed by atoms with van der Waals surface area (Å²) in [6.45, 7) is 8.81. The molecule has 0 aromatic carbocycles. The molecule has 0 saturated carbocycles. The number of nitrogens with zero attached hydrogens (tertiary/aromatic N) is 1. The molecule has 2 N–H and O–H groups in total. The van der Waals surface area contributed by atoms with Gasteiger partial charge in [-0.25, -0.2) is 0 Å². The van der Waals surface area contributed by atoms with Gasteiger partial charge in [0.15, 0.2) is 0 Å². The highest BCUT2D eigenvalue weighted by Crippen LogP contribution is 2.39. The fraction of sp³-hybridized carbons (Fsp3) is 1.00. The van der Waals surface area contributed by atoms with Crippen molar-refractivity contribution in [3.63, 3.8) is 0 Å². The Hall–Kier alpha value is 0.270. The van der Waals surface area contributed by atoms with Gasteiger partial charge >= 0.3 is 0 Å². The molecule has 1 heterocycles. The van der Waals surface area contributed by atoms with Crippen molar-refractivity contribution in [1.29, 1.82) is 0 Å². The number of nitrogens with two attached hydrogens (primary N) is 1. The number of hydrogen-bond acceptors (Lipinski definition) is 3. The maximum absolute atomic E-state index is 5.98. The van der Waals surface area contributed by atoms with Crippen molar-refractivity contribution in [2.75, 3.05) is 25.9 Å². The minimum absolute atomic E-state index is 0.259. The van der Waals surface area contributed by atoms with Crippen LogP contribution in [-0.4, -0.2) is 41.6 Å². The quantitative estimate of drug-likeness (QED) is 0.777. The average molecular weight is 216 g/mol. The predicted octanol–water partition coefficient (Wildman–Crippen LogP) is 1.80. The van der Waals surface area contributed by atoms with Gasteiger partial charge in [-0.2, -0.15) is 11.8 Å². The molecule has 2 nitrogen and oxygen atoms in total. The molecule has 0 bridgehead atoms. The third-order valence-corrected chi connectivity index (χ3v) is 4.79. The van der Waals surface area contributed by atoms with Crippen LogP contribution in [0, 0.1) is 5.92 Å². The molecule has 2 atom stereocenters. The van der Waals surface area contributed by atoms with E-state index in [4.69, 9.17) is 5.73 Å². The van der Waals surface area contributed by atoms with Gasteiger partial charge in [0.25, 0.3) is 0 Å². The summed E-state index contributed by atoms with van der Waals surface area (Å²) in [5, 5.41) is 0.677. The van der Waals surface area contributed by atoms with E-state index in [9.17, 15) is 0 Å². The van der Waals surface area contributed by atoms with Gasteiger partial charge in [-0.15, -0.1) is 0 Å². The van der Waals surface area contributed by atoms with E-state index in [0.717, 1.165) is 19.0 Å². The Morgan fingerprint density at radius 1 is 1.57 bits per heavy atom. The molecule has 0 amide bonds. The Kier molecular flexibility index (Phi) is 4.29. The Morgan fingerprint density at radius 3 is 2.57 bits per heavy atom. The molecular weight excluding hydrogens is 192 g/mol. The second-order valence-electron chi connectivity index (χ2n) is 4.85. The molecule has 1 saturated heterocycles. The van der Waals surface area contributed by atoms with Crippen molar-refractivity contribution in [3.8, 4) is 0 Å². The molecule has 14 heavy (non-hydrogen) atoms. The normalized spacial score (nSPS) is 33.2. The molecule has 1 fully saturated rings. The summed E-state index contributed by atoms with van der Waals surface area (Å²) in [6.07, 6.45) is 1.25. The number of likely N-dealkylation sites (N-methyl/N-ethyl adjacent to an activating group) is 1. The molecule has 1 aliphatic heterocycles. The van der Waals surface area contributed by atoms with E-state index in [1.165, 1.54) is 12.2 Å². The zero-order valence-corrected chi connectivity index (χ0v) is 10.7. The van der Waals surface area contributed by atoms with E-state index in [2.05, 4.69) is 44.5 Å². The largest absolute Gasteiger partial charge is 0.329 e. The molecule has 1 aliphatic rings. The first-order valence-corrected chi connectivity index (χ1v) is 6.60. The number of thioether (sulfide) groups is 1. The van der Waals surface area contributed by atoms with Gasteiger partial charge in [-0.05, 0) is 25.1 Å². The lowest BCUT2D eigenvalue weighted by atomic mass is 9.90. The molecular formula is C11H24N2S. The summed E-state index contributed by atoms with van der Waals surface area (Å²) in [4.78, 5) is 2.49. The molecule has 3 heteroatoms. The number of hydrogen-bond donors (Lipinski definition) is 1. The first kappa shape index (κ1) is 12.3. The van der Waals surface area contributed by atoms with Gasteiger partial charge in [-0.1, -0.05) is 20.8 Å². The van der Waals surface area contributed by atoms with E-state index in [1.807, 2.05) is 0 Å². The molecule has 84 valence electrons. The molecule has 0 radical (unpaired) electrons. The van der Waals surface area contributed by atoms with Crippen molar-refractivity contribution in [2.24, 2.45) is 11.7 Å². The van der Waals surface area contributed by atoms with Gasteiger partial charge in [0.2, 0.25) is 0 Å². The lowest BCUT2D eigenvalue weighted by molar-refractivity contribution is 0.115. The summed E-state index contributed by atoms with van der Waals surface area (Å²) in [7, 11) is 2.23. The second-order valence-corrected chi connectivity index (χ2v) is 6.29. The monoisotopic (exact) mass is 216 g/mol. The molecule has 0 aliphatic carbocycles. The van der Waals surface area contributed by atoms with E-state index < -0.39 is 0 Å². The van der Waals surface area contributed by atoms with Gasteiger partial charge in [-0.3, -0.25) is 4.90 Å². The lowest BCUT2D eigenvalue weighted by Crippen LogP contribution is -2.56. The maximum Gasteiger partial charge on any atom is 0.0452 e. The van der Waals surface area contributed by atoms with Crippen molar-refractivity contribution in [3.05, 3.63) is 0 Å². The van der Waals surface area contributed by atoms with Crippen LogP contribution in [-0.2, 0) is 0 Å². The smallest absolute Gasteiger partial charge is 0.0452 e. The highest BCUT2D eigenvalue weighted by molar-refractivity contribution is 8.00. The molecule has 1 rings (SSSR count). The van der Waals surface area contributed by atoms with Crippen LogP contribution in [0.15, 0.2) is 0 Å². The summed E-state index contributed by atoms with van der Waals surface area (Å²) < 4.78 is 0. The van der Waals surface area contributed by atoms with Gasteiger partial charge in [0, 0.05) is 23.9 Å². The van der Waals surface area contributed by atoms with Crippen LogP contribution in [0.1, 0.15) is 27.2 Å². The summed E-state index contributed by atoms with van der Waals surface area (Å²) in [5.41, 5.74) is 6.24. The Bertz CT molecular complexity index is 184. The Balaban J connectivity index is 2.68. The van der Waals surface area contributed by atoms with E-state index >= 15 is 0 Å². The zero-order chi connectivity index (χ0) is 10.8. The highest BCUT2D eigenvalue weighted by Gasteiger charge is 2.42. The van der Waals surface area contributed by atoms with Gasteiger partial charge in [0.1, 0.15) is 0 Å². The second kappa shape index (κ2) is 4.86. The topological polar surface area (TPSA) is 29.3 Å². The molecule has 0 spiro atoms. The third-order valence-electron chi connectivity index (χ3n) is 3.41. The highest BCUT2D eigenvalue weighted by atomic mass is 32.2. The Labute approximate surface area is 92.6 Å². The molecule has 0 aromatic rings. The first-order chi connectivity index (χ1) is 6.53. The van der Waals surface area contributed by atoms with Gasteiger partial charge < -0.3 is 5.73 Å². The zero-order valence-electron chi connectivity index (χ0n) is 9.92.